The van der Waals surface area contributed by atoms with E-state index in [1.165, 1.54) is 5.32 Å². The first kappa shape index (κ1) is 7.47. The molecule has 2 heteroatoms. The van der Waals surface area contributed by atoms with Crippen LogP contribution in [0, 0.1) is 0 Å². The van der Waals surface area contributed by atoms with Gasteiger partial charge in [-0.15, -0.1) is 0 Å². The van der Waals surface area contributed by atoms with Crippen LogP contribution in [-0.4, -0.2) is 13.1 Å². The molecule has 0 spiro atoms. The van der Waals surface area contributed by atoms with Crippen LogP contribution in [0.4, 0.5) is 0 Å². The zero-order valence-electron chi connectivity index (χ0n) is 6.76. The van der Waals surface area contributed by atoms with Crippen LogP contribution < -0.4 is 5.32 Å². The molecule has 1 heterocycles. The maximum Gasteiger partial charge on any atom is 0.101 e. The first-order valence-corrected chi connectivity index (χ1v) is 7.02. The van der Waals surface area contributed by atoms with Crippen LogP contribution >= 0.6 is 0 Å². The van der Waals surface area contributed by atoms with E-state index in [1.807, 2.05) is 12.3 Å². The normalized spacial score (nSPS) is 11.5. The lowest BCUT2D eigenvalue weighted by Crippen LogP contribution is -2.39. The second-order valence-electron chi connectivity index (χ2n) is 3.46. The van der Waals surface area contributed by atoms with E-state index >= 15 is 0 Å². The van der Waals surface area contributed by atoms with Gasteiger partial charge in [0.2, 0.25) is 0 Å². The number of hydrogen-bond acceptors (Lipinski definition) is 1. The van der Waals surface area contributed by atoms with Gasteiger partial charge in [0.25, 0.3) is 0 Å². The van der Waals surface area contributed by atoms with Gasteiger partial charge in [-0.05, 0) is 12.1 Å². The van der Waals surface area contributed by atoms with Gasteiger partial charge in [0, 0.05) is 11.5 Å². The molecule has 54 valence electrons. The van der Waals surface area contributed by atoms with E-state index in [0.717, 1.165) is 0 Å². The van der Waals surface area contributed by atoms with Gasteiger partial charge < -0.3 is 0 Å². The highest BCUT2D eigenvalue weighted by molar-refractivity contribution is 6.88. The zero-order chi connectivity index (χ0) is 7.61. The maximum absolute atomic E-state index is 4.31. The summed E-state index contributed by atoms with van der Waals surface area (Å²) in [7, 11) is -1.14. The molecule has 0 bridgehead atoms. The second-order valence-corrected chi connectivity index (χ2v) is 8.48. The molecule has 1 rings (SSSR count). The highest BCUT2D eigenvalue weighted by atomic mass is 28.3. The Labute approximate surface area is 63.1 Å². The van der Waals surface area contributed by atoms with Crippen molar-refractivity contribution in [1.29, 1.82) is 0 Å². The molecule has 0 amide bonds. The van der Waals surface area contributed by atoms with E-state index in [-0.39, 0.29) is 0 Å². The Balaban J connectivity index is 2.97. The summed E-state index contributed by atoms with van der Waals surface area (Å²) in [6.45, 7) is 6.90. The molecule has 0 unspecified atom stereocenters. The average Bonchev–Trinajstić information content (AvgIpc) is 1.88. The molecule has 10 heavy (non-hydrogen) atoms. The van der Waals surface area contributed by atoms with Gasteiger partial charge in [-0.1, -0.05) is 25.7 Å². The summed E-state index contributed by atoms with van der Waals surface area (Å²) >= 11 is 0. The van der Waals surface area contributed by atoms with Gasteiger partial charge in [0.1, 0.15) is 8.07 Å². The van der Waals surface area contributed by atoms with Crippen molar-refractivity contribution >= 4 is 13.4 Å². The van der Waals surface area contributed by atoms with E-state index in [0.29, 0.717) is 0 Å². The molecule has 1 aromatic heterocycles. The largest absolute Gasteiger partial charge is 0.266 e. The Bertz CT molecular complexity index is 200. The van der Waals surface area contributed by atoms with Crippen molar-refractivity contribution in [2.45, 2.75) is 19.6 Å². The van der Waals surface area contributed by atoms with Crippen LogP contribution in [0.5, 0.6) is 0 Å². The highest BCUT2D eigenvalue weighted by Gasteiger charge is 2.16. The number of nitrogens with zero attached hydrogens (tertiary/aromatic N) is 1. The Kier molecular flexibility index (Phi) is 1.90. The number of pyridine rings is 1. The molecule has 0 aliphatic heterocycles. The summed E-state index contributed by atoms with van der Waals surface area (Å²) in [5.41, 5.74) is 0. The Morgan fingerprint density at radius 3 is 2.20 bits per heavy atom. The predicted octanol–water partition coefficient (Wildman–Crippen LogP) is 1.63. The molecule has 0 N–H and O–H groups in total. The van der Waals surface area contributed by atoms with E-state index in [9.17, 15) is 0 Å². The second kappa shape index (κ2) is 2.54. The molecule has 0 saturated heterocycles. The first-order valence-electron chi connectivity index (χ1n) is 3.52. The van der Waals surface area contributed by atoms with Gasteiger partial charge in [-0.3, -0.25) is 4.98 Å². The van der Waals surface area contributed by atoms with Gasteiger partial charge >= 0.3 is 0 Å². The van der Waals surface area contributed by atoms with Crippen molar-refractivity contribution in [2.75, 3.05) is 0 Å². The molecule has 0 aliphatic rings. The fourth-order valence-electron chi connectivity index (χ4n) is 0.806. The minimum absolute atomic E-state index is 1.14. The number of hydrogen-bond donors (Lipinski definition) is 0. The summed E-state index contributed by atoms with van der Waals surface area (Å²) < 4.78 is 0. The minimum atomic E-state index is -1.14. The number of aromatic nitrogens is 1. The molecular weight excluding hydrogens is 138 g/mol. The molecule has 0 aromatic carbocycles. The third-order valence-corrected chi connectivity index (χ3v) is 3.27. The summed E-state index contributed by atoms with van der Waals surface area (Å²) in [4.78, 5) is 4.31. The average molecular weight is 151 g/mol. The molecule has 0 saturated carbocycles. The Morgan fingerprint density at radius 1 is 1.20 bits per heavy atom. The highest BCUT2D eigenvalue weighted by Crippen LogP contribution is 1.97. The smallest absolute Gasteiger partial charge is 0.101 e. The van der Waals surface area contributed by atoms with Crippen LogP contribution in [0.1, 0.15) is 0 Å². The van der Waals surface area contributed by atoms with Crippen molar-refractivity contribution in [3.05, 3.63) is 24.4 Å². The quantitative estimate of drug-likeness (QED) is 0.556. The zero-order valence-corrected chi connectivity index (χ0v) is 7.76. The summed E-state index contributed by atoms with van der Waals surface area (Å²) in [6, 6.07) is 6.14. The molecular formula is C8H13NSi. The fourth-order valence-corrected chi connectivity index (χ4v) is 1.86. The monoisotopic (exact) mass is 151 g/mol. The van der Waals surface area contributed by atoms with Gasteiger partial charge in [-0.25, -0.2) is 0 Å². The van der Waals surface area contributed by atoms with Crippen LogP contribution in [0.2, 0.25) is 19.6 Å². The third-order valence-electron chi connectivity index (χ3n) is 1.43. The van der Waals surface area contributed by atoms with Crippen molar-refractivity contribution < 1.29 is 0 Å². The van der Waals surface area contributed by atoms with Crippen LogP contribution in [-0.2, 0) is 0 Å². The lowest BCUT2D eigenvalue weighted by molar-refractivity contribution is 1.36. The predicted molar refractivity (Wildman–Crippen MR) is 47.2 cm³/mol. The van der Waals surface area contributed by atoms with E-state index in [4.69, 9.17) is 0 Å². The lowest BCUT2D eigenvalue weighted by atomic mass is 10.5. The summed E-state index contributed by atoms with van der Waals surface area (Å²) in [5.74, 6) is 0. The Hall–Kier alpha value is -0.633. The molecule has 0 aliphatic carbocycles. The minimum Gasteiger partial charge on any atom is -0.266 e. The van der Waals surface area contributed by atoms with E-state index < -0.39 is 8.07 Å². The molecule has 1 aromatic rings. The number of rotatable bonds is 1. The molecule has 0 atom stereocenters. The topological polar surface area (TPSA) is 12.9 Å². The van der Waals surface area contributed by atoms with Crippen molar-refractivity contribution in [3.8, 4) is 0 Å². The van der Waals surface area contributed by atoms with Crippen molar-refractivity contribution in [3.63, 3.8) is 0 Å². The molecule has 0 fully saturated rings. The molecule has 1 nitrogen and oxygen atoms in total. The maximum atomic E-state index is 4.31. The first-order chi connectivity index (χ1) is 4.61. The van der Waals surface area contributed by atoms with Crippen LogP contribution in [0.3, 0.4) is 0 Å². The third kappa shape index (κ3) is 1.67. The van der Waals surface area contributed by atoms with Crippen molar-refractivity contribution in [1.82, 2.24) is 4.98 Å². The summed E-state index contributed by atoms with van der Waals surface area (Å²) in [6.07, 6.45) is 1.87. The van der Waals surface area contributed by atoms with Gasteiger partial charge in [0.05, 0.1) is 0 Å². The van der Waals surface area contributed by atoms with E-state index in [2.05, 4.69) is 36.8 Å². The van der Waals surface area contributed by atoms with Crippen LogP contribution in [0.15, 0.2) is 24.4 Å². The Morgan fingerprint density at radius 2 is 1.90 bits per heavy atom. The standard InChI is InChI=1S/C8H13NSi/c1-10(2,3)8-6-4-5-7-9-8/h4-7H,1-3H3. The van der Waals surface area contributed by atoms with Gasteiger partial charge in [0.15, 0.2) is 0 Å². The fraction of sp³-hybridized carbons (Fsp3) is 0.375. The summed E-state index contributed by atoms with van der Waals surface area (Å²) in [5, 5.41) is 1.29. The SMILES string of the molecule is C[Si](C)(C)c1ccccn1. The van der Waals surface area contributed by atoms with Crippen LogP contribution in [0.25, 0.3) is 0 Å². The van der Waals surface area contributed by atoms with E-state index in [1.54, 1.807) is 0 Å². The van der Waals surface area contributed by atoms with Gasteiger partial charge in [-0.2, -0.15) is 0 Å². The molecule has 0 radical (unpaired) electrons. The lowest BCUT2D eigenvalue weighted by Gasteiger charge is -2.13. The van der Waals surface area contributed by atoms with Crippen molar-refractivity contribution in [2.24, 2.45) is 0 Å².